The van der Waals surface area contributed by atoms with E-state index < -0.39 is 12.0 Å². The predicted octanol–water partition coefficient (Wildman–Crippen LogP) is 2.60. The quantitative estimate of drug-likeness (QED) is 0.573. The fourth-order valence-corrected chi connectivity index (χ4v) is 5.31. The molecule has 12 heteroatoms. The molecule has 3 aromatic rings. The number of carboxylic acids is 1. The predicted molar refractivity (Wildman–Crippen MR) is 120 cm³/mol. The van der Waals surface area contributed by atoms with E-state index in [1.54, 1.807) is 14.0 Å². The van der Waals surface area contributed by atoms with Crippen molar-refractivity contribution in [3.8, 4) is 22.3 Å². The molecule has 4 heterocycles. The standard InChI is InChI=1S/C21H25N7O4S/c1-3-14(19(29)30)28-25-17(22-26-28)18-23-24-20(33-18)27-11-9-21(10-12-27)8-7-13-15(31-2)5-4-6-16(13)32-21/h4-6,14H,3,7-12H2,1-2H3,(H,29,30). The van der Waals surface area contributed by atoms with Gasteiger partial charge < -0.3 is 19.5 Å². The average molecular weight is 472 g/mol. The maximum absolute atomic E-state index is 11.3. The number of aromatic nitrogens is 6. The van der Waals surface area contributed by atoms with Gasteiger partial charge in [-0.05, 0) is 36.6 Å². The van der Waals surface area contributed by atoms with E-state index in [9.17, 15) is 9.90 Å². The molecule has 0 bridgehead atoms. The summed E-state index contributed by atoms with van der Waals surface area (Å²) in [4.78, 5) is 14.7. The molecule has 0 radical (unpaired) electrons. The number of carbonyl (C=O) groups is 1. The van der Waals surface area contributed by atoms with Crippen molar-refractivity contribution < 1.29 is 19.4 Å². The summed E-state index contributed by atoms with van der Waals surface area (Å²) in [5, 5.41) is 31.2. The Balaban J connectivity index is 1.26. The lowest BCUT2D eigenvalue weighted by Crippen LogP contribution is -2.49. The highest BCUT2D eigenvalue weighted by Gasteiger charge is 2.40. The molecule has 5 rings (SSSR count). The molecule has 1 N–H and O–H groups in total. The summed E-state index contributed by atoms with van der Waals surface area (Å²) < 4.78 is 12.0. The maximum atomic E-state index is 11.3. The number of benzene rings is 1. The number of aliphatic carboxylic acids is 1. The molecule has 1 atom stereocenters. The van der Waals surface area contributed by atoms with Crippen molar-refractivity contribution in [2.75, 3.05) is 25.1 Å². The SMILES string of the molecule is CCC(C(=O)O)n1nnc(-c2nnc(N3CCC4(CCc5c(OC)cccc5O4)CC3)s2)n1. The molecule has 1 spiro atoms. The van der Waals surface area contributed by atoms with Gasteiger partial charge in [0.2, 0.25) is 11.0 Å². The van der Waals surface area contributed by atoms with Gasteiger partial charge in [0.05, 0.1) is 7.11 Å². The Labute approximate surface area is 194 Å². The fraction of sp³-hybridized carbons (Fsp3) is 0.524. The molecule has 174 valence electrons. The summed E-state index contributed by atoms with van der Waals surface area (Å²) in [5.41, 5.74) is 0.982. The molecule has 1 aromatic carbocycles. The molecule has 11 nitrogen and oxygen atoms in total. The second kappa shape index (κ2) is 8.58. The monoisotopic (exact) mass is 471 g/mol. The van der Waals surface area contributed by atoms with Crippen LogP contribution in [-0.4, -0.2) is 67.3 Å². The number of hydrogen-bond acceptors (Lipinski definition) is 10. The highest BCUT2D eigenvalue weighted by Crippen LogP contribution is 2.43. The second-order valence-electron chi connectivity index (χ2n) is 8.29. The molecule has 2 aromatic heterocycles. The van der Waals surface area contributed by atoms with Crippen molar-refractivity contribution in [3.05, 3.63) is 23.8 Å². The summed E-state index contributed by atoms with van der Waals surface area (Å²) >= 11 is 1.38. The lowest BCUT2D eigenvalue weighted by molar-refractivity contribution is -0.141. The molecule has 1 saturated heterocycles. The minimum Gasteiger partial charge on any atom is -0.496 e. The number of hydrogen-bond donors (Lipinski definition) is 1. The van der Waals surface area contributed by atoms with Crippen LogP contribution in [0.1, 0.15) is 44.2 Å². The number of nitrogens with zero attached hydrogens (tertiary/aromatic N) is 7. The van der Waals surface area contributed by atoms with Gasteiger partial charge in [0.15, 0.2) is 11.0 Å². The van der Waals surface area contributed by atoms with E-state index in [2.05, 4.69) is 30.5 Å². The minimum atomic E-state index is -0.993. The third kappa shape index (κ3) is 3.99. The van der Waals surface area contributed by atoms with Crippen molar-refractivity contribution in [1.82, 2.24) is 30.4 Å². The van der Waals surface area contributed by atoms with Crippen LogP contribution < -0.4 is 14.4 Å². The number of ether oxygens (including phenoxy) is 2. The first-order valence-electron chi connectivity index (χ1n) is 11.0. The smallest absolute Gasteiger partial charge is 0.330 e. The van der Waals surface area contributed by atoms with Gasteiger partial charge in [-0.1, -0.05) is 24.3 Å². The van der Waals surface area contributed by atoms with Crippen molar-refractivity contribution in [2.24, 2.45) is 0 Å². The van der Waals surface area contributed by atoms with Crippen LogP contribution in [0.2, 0.25) is 0 Å². The highest BCUT2D eigenvalue weighted by atomic mass is 32.1. The molecule has 0 amide bonds. The maximum Gasteiger partial charge on any atom is 0.330 e. The van der Waals surface area contributed by atoms with Crippen LogP contribution in [-0.2, 0) is 11.2 Å². The number of rotatable bonds is 6. The summed E-state index contributed by atoms with van der Waals surface area (Å²) in [5.74, 6) is 1.11. The highest BCUT2D eigenvalue weighted by molar-refractivity contribution is 7.18. The Morgan fingerprint density at radius 3 is 2.82 bits per heavy atom. The molecular formula is C21H25N7O4S. The van der Waals surface area contributed by atoms with Crippen molar-refractivity contribution in [3.63, 3.8) is 0 Å². The molecular weight excluding hydrogens is 446 g/mol. The Bertz CT molecular complexity index is 1160. The van der Waals surface area contributed by atoms with Crippen molar-refractivity contribution >= 4 is 22.4 Å². The van der Waals surface area contributed by atoms with E-state index >= 15 is 0 Å². The summed E-state index contributed by atoms with van der Waals surface area (Å²) in [6.45, 7) is 3.38. The fourth-order valence-electron chi connectivity index (χ4n) is 4.49. The summed E-state index contributed by atoms with van der Waals surface area (Å²) in [6, 6.07) is 5.12. The molecule has 0 aliphatic carbocycles. The largest absolute Gasteiger partial charge is 0.496 e. The zero-order valence-corrected chi connectivity index (χ0v) is 19.3. The van der Waals surface area contributed by atoms with Gasteiger partial charge in [-0.2, -0.15) is 0 Å². The van der Waals surface area contributed by atoms with Gasteiger partial charge in [0.1, 0.15) is 17.1 Å². The number of carboxylic acid groups (broad SMARTS) is 1. The van der Waals surface area contributed by atoms with Crippen molar-refractivity contribution in [1.29, 1.82) is 0 Å². The normalized spacial score (nSPS) is 17.9. The lowest BCUT2D eigenvalue weighted by atomic mass is 9.83. The number of anilines is 1. The Kier molecular flexibility index (Phi) is 5.60. The van der Waals surface area contributed by atoms with E-state index in [4.69, 9.17) is 9.47 Å². The minimum absolute atomic E-state index is 0.167. The van der Waals surface area contributed by atoms with E-state index in [1.807, 2.05) is 18.2 Å². The van der Waals surface area contributed by atoms with E-state index in [0.29, 0.717) is 11.4 Å². The zero-order valence-electron chi connectivity index (χ0n) is 18.5. The zero-order chi connectivity index (χ0) is 23.0. The Hall–Kier alpha value is -3.28. The summed E-state index contributed by atoms with van der Waals surface area (Å²) in [6.07, 6.45) is 4.05. The van der Waals surface area contributed by atoms with Gasteiger partial charge in [-0.15, -0.1) is 25.2 Å². The van der Waals surface area contributed by atoms with Gasteiger partial charge in [-0.25, -0.2) is 4.79 Å². The van der Waals surface area contributed by atoms with Crippen LogP contribution >= 0.6 is 11.3 Å². The van der Waals surface area contributed by atoms with Gasteiger partial charge in [-0.3, -0.25) is 0 Å². The molecule has 1 fully saturated rings. The molecule has 33 heavy (non-hydrogen) atoms. The Morgan fingerprint density at radius 2 is 2.09 bits per heavy atom. The first kappa shape index (κ1) is 21.6. The van der Waals surface area contributed by atoms with Crippen LogP contribution in [0, 0.1) is 0 Å². The topological polar surface area (TPSA) is 128 Å². The third-order valence-corrected chi connectivity index (χ3v) is 7.38. The average Bonchev–Trinajstić information content (AvgIpc) is 3.49. The van der Waals surface area contributed by atoms with Gasteiger partial charge in [0.25, 0.3) is 0 Å². The van der Waals surface area contributed by atoms with E-state index in [1.165, 1.54) is 11.3 Å². The third-order valence-electron chi connectivity index (χ3n) is 6.40. The first-order valence-corrected chi connectivity index (χ1v) is 11.8. The number of fused-ring (bicyclic) bond motifs is 1. The van der Waals surface area contributed by atoms with E-state index in [0.717, 1.165) is 65.8 Å². The van der Waals surface area contributed by atoms with Crippen molar-refractivity contribution in [2.45, 2.75) is 50.7 Å². The summed E-state index contributed by atoms with van der Waals surface area (Å²) in [7, 11) is 1.69. The van der Waals surface area contributed by atoms with Crippen LogP contribution in [0.5, 0.6) is 11.5 Å². The van der Waals surface area contributed by atoms with Crippen LogP contribution in [0.15, 0.2) is 18.2 Å². The first-order chi connectivity index (χ1) is 16.0. The molecule has 2 aliphatic heterocycles. The molecule has 0 saturated carbocycles. The van der Waals surface area contributed by atoms with Crippen LogP contribution in [0.25, 0.3) is 10.8 Å². The molecule has 2 aliphatic rings. The number of piperidine rings is 1. The van der Waals surface area contributed by atoms with Gasteiger partial charge >= 0.3 is 5.97 Å². The Morgan fingerprint density at radius 1 is 1.27 bits per heavy atom. The number of tetrazole rings is 1. The van der Waals surface area contributed by atoms with Crippen LogP contribution in [0.3, 0.4) is 0 Å². The van der Waals surface area contributed by atoms with Gasteiger partial charge in [0, 0.05) is 31.5 Å². The molecule has 1 unspecified atom stereocenters. The van der Waals surface area contributed by atoms with Crippen LogP contribution in [0.4, 0.5) is 5.13 Å². The lowest BCUT2D eigenvalue weighted by Gasteiger charge is -2.44. The number of methoxy groups -OCH3 is 1. The van der Waals surface area contributed by atoms with E-state index in [-0.39, 0.29) is 11.4 Å². The second-order valence-corrected chi connectivity index (χ2v) is 9.25.